The van der Waals surface area contributed by atoms with Crippen LogP contribution in [0, 0.1) is 0 Å². The standard InChI is InChI=1S/C55H100O6/c1-4-7-10-13-16-19-22-25-26-27-28-29-30-31-34-36-39-42-45-48-54(57)60-51-52(61-55(58)49-46-43-40-37-33-24-21-18-15-12-9-6-3)50-59-53(56)47-44-41-38-35-32-23-20-17-14-11-8-5-2/h9,12,18,21,27-28,52H,4-8,10-11,13-17,19-20,22-26,29-51H2,1-3H3/b12-9-,21-18-,28-27-. The maximum absolute atomic E-state index is 12.8. The third-order valence-corrected chi connectivity index (χ3v) is 11.6. The van der Waals surface area contributed by atoms with Crippen molar-refractivity contribution in [1.29, 1.82) is 0 Å². The summed E-state index contributed by atoms with van der Waals surface area (Å²) in [7, 11) is 0. The molecule has 0 heterocycles. The molecule has 1 unspecified atom stereocenters. The summed E-state index contributed by atoms with van der Waals surface area (Å²) in [5.41, 5.74) is 0. The molecule has 356 valence electrons. The van der Waals surface area contributed by atoms with Gasteiger partial charge in [-0.25, -0.2) is 0 Å². The van der Waals surface area contributed by atoms with Gasteiger partial charge in [-0.15, -0.1) is 0 Å². The number of carbonyl (C=O) groups is 3. The maximum atomic E-state index is 12.8. The Balaban J connectivity index is 4.31. The van der Waals surface area contributed by atoms with Crippen molar-refractivity contribution in [2.24, 2.45) is 0 Å². The molecule has 0 aliphatic rings. The first-order valence-corrected chi connectivity index (χ1v) is 26.5. The van der Waals surface area contributed by atoms with Gasteiger partial charge >= 0.3 is 17.9 Å². The predicted molar refractivity (Wildman–Crippen MR) is 261 cm³/mol. The van der Waals surface area contributed by atoms with Crippen LogP contribution in [-0.4, -0.2) is 37.2 Å². The highest BCUT2D eigenvalue weighted by atomic mass is 16.6. The molecule has 0 aliphatic heterocycles. The SMILES string of the molecule is CC/C=C\C/C=C\CCCCCCCC(=O)OC(COC(=O)CCCCCCCCC/C=C\CCCCCCCCCC)COC(=O)CCCCCCCCCCCCCC. The number of carbonyl (C=O) groups excluding carboxylic acids is 3. The molecule has 61 heavy (non-hydrogen) atoms. The topological polar surface area (TPSA) is 78.9 Å². The summed E-state index contributed by atoms with van der Waals surface area (Å²) in [6.45, 7) is 6.53. The zero-order valence-corrected chi connectivity index (χ0v) is 40.7. The number of esters is 3. The van der Waals surface area contributed by atoms with Crippen LogP contribution in [0.3, 0.4) is 0 Å². The van der Waals surface area contributed by atoms with Gasteiger partial charge in [-0.3, -0.25) is 14.4 Å². The van der Waals surface area contributed by atoms with Gasteiger partial charge in [0, 0.05) is 19.3 Å². The van der Waals surface area contributed by atoms with Crippen LogP contribution < -0.4 is 0 Å². The maximum Gasteiger partial charge on any atom is 0.306 e. The van der Waals surface area contributed by atoms with E-state index in [2.05, 4.69) is 57.2 Å². The van der Waals surface area contributed by atoms with Gasteiger partial charge in [0.05, 0.1) is 0 Å². The van der Waals surface area contributed by atoms with Crippen molar-refractivity contribution in [3.8, 4) is 0 Å². The Kier molecular flexibility index (Phi) is 48.3. The fourth-order valence-electron chi connectivity index (χ4n) is 7.65. The quantitative estimate of drug-likeness (QED) is 0.0262. The normalized spacial score (nSPS) is 12.2. The second-order valence-corrected chi connectivity index (χ2v) is 17.8. The molecule has 0 fully saturated rings. The summed E-state index contributed by atoms with van der Waals surface area (Å²) in [5, 5.41) is 0. The number of hydrogen-bond donors (Lipinski definition) is 0. The molecule has 0 aromatic carbocycles. The number of ether oxygens (including phenoxy) is 3. The minimum Gasteiger partial charge on any atom is -0.462 e. The van der Waals surface area contributed by atoms with Gasteiger partial charge in [-0.1, -0.05) is 224 Å². The average Bonchev–Trinajstić information content (AvgIpc) is 3.26. The lowest BCUT2D eigenvalue weighted by molar-refractivity contribution is -0.167. The van der Waals surface area contributed by atoms with Crippen molar-refractivity contribution in [2.75, 3.05) is 13.2 Å². The lowest BCUT2D eigenvalue weighted by Gasteiger charge is -2.18. The van der Waals surface area contributed by atoms with Crippen molar-refractivity contribution in [3.05, 3.63) is 36.5 Å². The summed E-state index contributed by atoms with van der Waals surface area (Å²) >= 11 is 0. The molecule has 0 N–H and O–H groups in total. The largest absolute Gasteiger partial charge is 0.462 e. The lowest BCUT2D eigenvalue weighted by atomic mass is 10.0. The van der Waals surface area contributed by atoms with Crippen LogP contribution in [0.1, 0.15) is 278 Å². The molecular formula is C55H100O6. The molecule has 0 aromatic rings. The summed E-state index contributed by atoms with van der Waals surface area (Å²) in [5.74, 6) is -0.886. The van der Waals surface area contributed by atoms with Crippen LogP contribution >= 0.6 is 0 Å². The highest BCUT2D eigenvalue weighted by molar-refractivity contribution is 5.71. The Morgan fingerprint density at radius 3 is 1.00 bits per heavy atom. The van der Waals surface area contributed by atoms with Gasteiger partial charge in [0.1, 0.15) is 13.2 Å². The molecule has 0 rings (SSSR count). The molecule has 0 aliphatic carbocycles. The van der Waals surface area contributed by atoms with Crippen molar-refractivity contribution >= 4 is 17.9 Å². The number of allylic oxidation sites excluding steroid dienone is 6. The van der Waals surface area contributed by atoms with E-state index >= 15 is 0 Å². The molecular weight excluding hydrogens is 757 g/mol. The molecule has 0 saturated carbocycles. The fraction of sp³-hybridized carbons (Fsp3) is 0.836. The zero-order valence-electron chi connectivity index (χ0n) is 40.7. The fourth-order valence-corrected chi connectivity index (χ4v) is 7.65. The van der Waals surface area contributed by atoms with Crippen LogP contribution in [0.15, 0.2) is 36.5 Å². The van der Waals surface area contributed by atoms with Gasteiger partial charge < -0.3 is 14.2 Å². The molecule has 0 saturated heterocycles. The molecule has 6 nitrogen and oxygen atoms in total. The first kappa shape index (κ1) is 58.6. The predicted octanol–water partition coefficient (Wildman–Crippen LogP) is 17.3. The van der Waals surface area contributed by atoms with E-state index in [1.807, 2.05) is 0 Å². The molecule has 0 aromatic heterocycles. The van der Waals surface area contributed by atoms with Gasteiger partial charge in [0.25, 0.3) is 0 Å². The van der Waals surface area contributed by atoms with E-state index in [1.54, 1.807) is 0 Å². The smallest absolute Gasteiger partial charge is 0.306 e. The Hall–Kier alpha value is -2.37. The van der Waals surface area contributed by atoms with E-state index < -0.39 is 6.10 Å². The van der Waals surface area contributed by atoms with Crippen molar-refractivity contribution in [2.45, 2.75) is 284 Å². The first-order chi connectivity index (χ1) is 30.0. The number of hydrogen-bond acceptors (Lipinski definition) is 6. The van der Waals surface area contributed by atoms with E-state index in [9.17, 15) is 14.4 Å². The van der Waals surface area contributed by atoms with Crippen molar-refractivity contribution in [3.63, 3.8) is 0 Å². The summed E-state index contributed by atoms with van der Waals surface area (Å²) in [6.07, 6.45) is 58.5. The average molecular weight is 857 g/mol. The first-order valence-electron chi connectivity index (χ1n) is 26.5. The highest BCUT2D eigenvalue weighted by Crippen LogP contribution is 2.15. The molecule has 0 spiro atoms. The van der Waals surface area contributed by atoms with E-state index in [0.717, 1.165) is 89.9 Å². The van der Waals surface area contributed by atoms with Crippen LogP contribution in [0.25, 0.3) is 0 Å². The van der Waals surface area contributed by atoms with Crippen molar-refractivity contribution in [1.82, 2.24) is 0 Å². The van der Waals surface area contributed by atoms with Crippen LogP contribution in [0.2, 0.25) is 0 Å². The Labute approximate surface area is 378 Å². The number of rotatable bonds is 48. The van der Waals surface area contributed by atoms with E-state index in [0.29, 0.717) is 19.3 Å². The summed E-state index contributed by atoms with van der Waals surface area (Å²) < 4.78 is 16.8. The minimum atomic E-state index is -0.777. The Morgan fingerprint density at radius 1 is 0.344 bits per heavy atom. The van der Waals surface area contributed by atoms with Gasteiger partial charge in [-0.2, -0.15) is 0 Å². The number of unbranched alkanes of at least 4 members (excludes halogenated alkanes) is 31. The minimum absolute atomic E-state index is 0.0765. The van der Waals surface area contributed by atoms with E-state index in [-0.39, 0.29) is 31.1 Å². The molecule has 0 bridgehead atoms. The highest BCUT2D eigenvalue weighted by Gasteiger charge is 2.19. The third-order valence-electron chi connectivity index (χ3n) is 11.6. The lowest BCUT2D eigenvalue weighted by Crippen LogP contribution is -2.30. The molecule has 0 amide bonds. The summed E-state index contributed by atoms with van der Waals surface area (Å²) in [6, 6.07) is 0. The third kappa shape index (κ3) is 48.5. The van der Waals surface area contributed by atoms with Crippen LogP contribution in [0.4, 0.5) is 0 Å². The molecule has 0 radical (unpaired) electrons. The van der Waals surface area contributed by atoms with Gasteiger partial charge in [0.15, 0.2) is 6.10 Å². The molecule has 1 atom stereocenters. The Morgan fingerprint density at radius 2 is 0.639 bits per heavy atom. The van der Waals surface area contributed by atoms with E-state index in [4.69, 9.17) is 14.2 Å². The zero-order chi connectivity index (χ0) is 44.4. The molecule has 6 heteroatoms. The van der Waals surface area contributed by atoms with Gasteiger partial charge in [-0.05, 0) is 70.6 Å². The van der Waals surface area contributed by atoms with Gasteiger partial charge in [0.2, 0.25) is 0 Å². The second kappa shape index (κ2) is 50.3. The Bertz CT molecular complexity index is 1030. The van der Waals surface area contributed by atoms with Crippen molar-refractivity contribution < 1.29 is 28.6 Å². The van der Waals surface area contributed by atoms with Crippen LogP contribution in [-0.2, 0) is 28.6 Å². The second-order valence-electron chi connectivity index (χ2n) is 17.8. The monoisotopic (exact) mass is 857 g/mol. The summed E-state index contributed by atoms with van der Waals surface area (Å²) in [4.78, 5) is 37.9. The van der Waals surface area contributed by atoms with Crippen LogP contribution in [0.5, 0.6) is 0 Å². The van der Waals surface area contributed by atoms with E-state index in [1.165, 1.54) is 148 Å².